The lowest BCUT2D eigenvalue weighted by molar-refractivity contribution is -0.180. The number of rotatable bonds is 3. The van der Waals surface area contributed by atoms with Crippen molar-refractivity contribution in [2.45, 2.75) is 75.7 Å². The molecule has 24 heavy (non-hydrogen) atoms. The maximum absolute atomic E-state index is 13.4. The Kier molecular flexibility index (Phi) is 4.70. The number of carbonyl (C=O) groups is 1. The summed E-state index contributed by atoms with van der Waals surface area (Å²) in [5, 5.41) is 5.55. The maximum Gasteiger partial charge on any atom is 0.317 e. The number of ether oxygens (including phenoxy) is 1. The molecule has 0 bridgehead atoms. The van der Waals surface area contributed by atoms with Crippen molar-refractivity contribution in [1.29, 1.82) is 0 Å². The average Bonchev–Trinajstić information content (AvgIpc) is 3.04. The topological polar surface area (TPSA) is 38.3 Å². The Morgan fingerprint density at radius 2 is 1.83 bits per heavy atom. The highest BCUT2D eigenvalue weighted by Crippen LogP contribution is 2.51. The van der Waals surface area contributed by atoms with Gasteiger partial charge in [0.15, 0.2) is 0 Å². The zero-order valence-electron chi connectivity index (χ0n) is 14.5. The van der Waals surface area contributed by atoms with E-state index in [0.717, 1.165) is 58.0 Å². The zero-order valence-corrected chi connectivity index (χ0v) is 15.3. The Hall–Kier alpha value is -0.870. The second kappa shape index (κ2) is 6.80. The lowest BCUT2D eigenvalue weighted by Gasteiger charge is -2.51. The number of nitrogens with one attached hydrogen (secondary N) is 1. The summed E-state index contributed by atoms with van der Waals surface area (Å²) >= 11 is 1.73. The van der Waals surface area contributed by atoms with Crippen molar-refractivity contribution in [2.75, 3.05) is 13.1 Å². The van der Waals surface area contributed by atoms with E-state index in [2.05, 4.69) is 22.8 Å². The second-order valence-corrected chi connectivity index (χ2v) is 8.97. The van der Waals surface area contributed by atoms with E-state index in [-0.39, 0.29) is 22.9 Å². The van der Waals surface area contributed by atoms with Crippen LogP contribution < -0.4 is 5.32 Å². The van der Waals surface area contributed by atoms with Crippen molar-refractivity contribution in [2.24, 2.45) is 5.41 Å². The van der Waals surface area contributed by atoms with E-state index in [1.807, 2.05) is 0 Å². The van der Waals surface area contributed by atoms with Crippen LogP contribution in [0.2, 0.25) is 0 Å². The molecule has 2 saturated carbocycles. The highest BCUT2D eigenvalue weighted by atomic mass is 32.1. The first-order valence-electron chi connectivity index (χ1n) is 9.71. The summed E-state index contributed by atoms with van der Waals surface area (Å²) in [5.41, 5.74) is -0.0867. The van der Waals surface area contributed by atoms with Gasteiger partial charge in [-0.1, -0.05) is 31.7 Å². The molecular weight excluding hydrogens is 318 g/mol. The first-order valence-corrected chi connectivity index (χ1v) is 10.6. The first kappa shape index (κ1) is 16.6. The summed E-state index contributed by atoms with van der Waals surface area (Å²) in [6, 6.07) is 4.23. The van der Waals surface area contributed by atoms with Gasteiger partial charge >= 0.3 is 5.97 Å². The molecule has 0 amide bonds. The normalized spacial score (nSPS) is 28.8. The highest BCUT2D eigenvalue weighted by molar-refractivity contribution is 7.10. The van der Waals surface area contributed by atoms with E-state index in [4.69, 9.17) is 4.74 Å². The van der Waals surface area contributed by atoms with E-state index < -0.39 is 0 Å². The standard InChI is InChI=1S/C20H29NO2S/c22-18(23-16-7-10-19(16)11-13-21-14-12-19)20(17-6-5-15-24-17)8-3-1-2-4-9-20/h5-6,15-16,21H,1-4,7-14H2/t16-/m0/s1. The number of hydrogen-bond donors (Lipinski definition) is 1. The van der Waals surface area contributed by atoms with Crippen LogP contribution in [0.15, 0.2) is 17.5 Å². The van der Waals surface area contributed by atoms with Crippen molar-refractivity contribution in [3.8, 4) is 0 Å². The van der Waals surface area contributed by atoms with Crippen LogP contribution in [0.3, 0.4) is 0 Å². The molecule has 0 aromatic carbocycles. The fourth-order valence-electron chi connectivity index (χ4n) is 5.03. The van der Waals surface area contributed by atoms with Crippen molar-refractivity contribution in [3.05, 3.63) is 22.4 Å². The summed E-state index contributed by atoms with van der Waals surface area (Å²) in [7, 11) is 0. The van der Waals surface area contributed by atoms with Crippen LogP contribution in [-0.2, 0) is 14.9 Å². The van der Waals surface area contributed by atoms with Gasteiger partial charge in [0.25, 0.3) is 0 Å². The Morgan fingerprint density at radius 3 is 2.42 bits per heavy atom. The number of thiophene rings is 1. The number of carbonyl (C=O) groups excluding carboxylic acids is 1. The molecule has 3 fully saturated rings. The molecule has 1 aromatic heterocycles. The summed E-state index contributed by atoms with van der Waals surface area (Å²) in [6.07, 6.45) is 11.5. The van der Waals surface area contributed by atoms with Gasteiger partial charge < -0.3 is 10.1 Å². The zero-order chi connectivity index (χ0) is 16.5. The third-order valence-electron chi connectivity index (χ3n) is 6.78. The molecule has 1 spiro atoms. The number of hydrogen-bond acceptors (Lipinski definition) is 4. The smallest absolute Gasteiger partial charge is 0.317 e. The van der Waals surface area contributed by atoms with Gasteiger partial charge in [0, 0.05) is 10.3 Å². The Morgan fingerprint density at radius 1 is 1.08 bits per heavy atom. The molecule has 0 unspecified atom stereocenters. The lowest BCUT2D eigenvalue weighted by Crippen LogP contribution is -2.54. The van der Waals surface area contributed by atoms with Crippen LogP contribution in [0.5, 0.6) is 0 Å². The van der Waals surface area contributed by atoms with Crippen LogP contribution in [0, 0.1) is 5.41 Å². The van der Waals surface area contributed by atoms with Crippen LogP contribution in [0.1, 0.15) is 69.1 Å². The molecule has 4 rings (SSSR count). The summed E-state index contributed by atoms with van der Waals surface area (Å²) in [4.78, 5) is 14.6. The van der Waals surface area contributed by atoms with Gasteiger partial charge in [0.05, 0.1) is 0 Å². The Bertz CT molecular complexity index is 554. The third-order valence-corrected chi connectivity index (χ3v) is 7.85. The minimum absolute atomic E-state index is 0.0782. The summed E-state index contributed by atoms with van der Waals surface area (Å²) in [5.74, 6) is 0.0782. The van der Waals surface area contributed by atoms with Crippen molar-refractivity contribution >= 4 is 17.3 Å². The monoisotopic (exact) mass is 347 g/mol. The molecule has 2 heterocycles. The van der Waals surface area contributed by atoms with E-state index in [9.17, 15) is 4.79 Å². The fourth-order valence-corrected chi connectivity index (χ4v) is 6.00. The minimum Gasteiger partial charge on any atom is -0.461 e. The van der Waals surface area contributed by atoms with E-state index >= 15 is 0 Å². The molecule has 4 heteroatoms. The van der Waals surface area contributed by atoms with Crippen LogP contribution >= 0.6 is 11.3 Å². The molecule has 0 radical (unpaired) electrons. The van der Waals surface area contributed by atoms with Gasteiger partial charge in [-0.2, -0.15) is 0 Å². The van der Waals surface area contributed by atoms with E-state index in [1.54, 1.807) is 11.3 Å². The van der Waals surface area contributed by atoms with Gasteiger partial charge in [-0.25, -0.2) is 0 Å². The van der Waals surface area contributed by atoms with Crippen molar-refractivity contribution < 1.29 is 9.53 Å². The van der Waals surface area contributed by atoms with Crippen molar-refractivity contribution in [1.82, 2.24) is 5.32 Å². The SMILES string of the molecule is O=C(O[C@H]1CCC12CCNCC2)C1(c2cccs2)CCCCCC1. The summed E-state index contributed by atoms with van der Waals surface area (Å²) < 4.78 is 6.24. The van der Waals surface area contributed by atoms with Crippen molar-refractivity contribution in [3.63, 3.8) is 0 Å². The number of esters is 1. The molecule has 3 nitrogen and oxygen atoms in total. The molecule has 1 N–H and O–H groups in total. The molecule has 1 saturated heterocycles. The van der Waals surface area contributed by atoms with E-state index in [1.165, 1.54) is 24.1 Å². The lowest BCUT2D eigenvalue weighted by atomic mass is 9.61. The minimum atomic E-state index is -0.367. The van der Waals surface area contributed by atoms with Crippen LogP contribution in [0.25, 0.3) is 0 Å². The van der Waals surface area contributed by atoms with Gasteiger partial charge in [0.1, 0.15) is 11.5 Å². The first-order chi connectivity index (χ1) is 11.8. The molecule has 1 aliphatic heterocycles. The number of piperidine rings is 1. The second-order valence-electron chi connectivity index (χ2n) is 8.02. The van der Waals surface area contributed by atoms with Gasteiger partial charge in [-0.3, -0.25) is 4.79 Å². The van der Waals surface area contributed by atoms with Gasteiger partial charge in [-0.05, 0) is 63.1 Å². The molecular formula is C20H29NO2S. The molecule has 1 atom stereocenters. The van der Waals surface area contributed by atoms with E-state index in [0.29, 0.717) is 0 Å². The Balaban J connectivity index is 1.54. The van der Waals surface area contributed by atoms with Crippen LogP contribution in [0.4, 0.5) is 0 Å². The fraction of sp³-hybridized carbons (Fsp3) is 0.750. The Labute approximate surface area is 149 Å². The maximum atomic E-state index is 13.4. The quantitative estimate of drug-likeness (QED) is 0.650. The summed E-state index contributed by atoms with van der Waals surface area (Å²) in [6.45, 7) is 2.15. The molecule has 1 aromatic rings. The van der Waals surface area contributed by atoms with Gasteiger partial charge in [0.2, 0.25) is 0 Å². The molecule has 2 aliphatic carbocycles. The predicted octanol–water partition coefficient (Wildman–Crippen LogP) is 4.42. The van der Waals surface area contributed by atoms with Gasteiger partial charge in [-0.15, -0.1) is 11.3 Å². The highest BCUT2D eigenvalue weighted by Gasteiger charge is 2.52. The van der Waals surface area contributed by atoms with Crippen LogP contribution in [-0.4, -0.2) is 25.2 Å². The predicted molar refractivity (Wildman–Crippen MR) is 97.3 cm³/mol. The molecule has 3 aliphatic rings. The third kappa shape index (κ3) is 2.82. The average molecular weight is 348 g/mol. The largest absolute Gasteiger partial charge is 0.461 e. The molecule has 132 valence electrons.